The zero-order valence-corrected chi connectivity index (χ0v) is 29.4. The summed E-state index contributed by atoms with van der Waals surface area (Å²) in [6.45, 7) is 15.5. The van der Waals surface area contributed by atoms with Gasteiger partial charge in [-0.25, -0.2) is 14.4 Å². The van der Waals surface area contributed by atoms with E-state index in [0.717, 1.165) is 23.8 Å². The molecule has 0 unspecified atom stereocenters. The fourth-order valence-corrected chi connectivity index (χ4v) is 4.26. The van der Waals surface area contributed by atoms with Crippen LogP contribution in [0, 0.1) is 7.40 Å². The Morgan fingerprint density at radius 1 is 0.714 bits per heavy atom. The average Bonchev–Trinajstić information content (AvgIpc) is 3.37. The van der Waals surface area contributed by atoms with Crippen LogP contribution in [0.25, 0.3) is 21.8 Å². The second kappa shape index (κ2) is 14.5. The molecule has 0 aliphatic carbocycles. The van der Waals surface area contributed by atoms with Gasteiger partial charge in [-0.15, -0.1) is 0 Å². The SMILES string of the molecule is CC(C)(C)OC(=O)OC(=O)OC(C)(C)C.CC(C)(C)OC(=O)n1nc(I)c2ccccc21.Ic1[nH]nc2ccccc12. The van der Waals surface area contributed by atoms with E-state index in [4.69, 9.17) is 14.2 Å². The van der Waals surface area contributed by atoms with Gasteiger partial charge in [-0.05, 0) is 120 Å². The van der Waals surface area contributed by atoms with Crippen LogP contribution in [0.5, 0.6) is 0 Å². The van der Waals surface area contributed by atoms with Crippen molar-refractivity contribution in [3.05, 3.63) is 55.9 Å². The highest BCUT2D eigenvalue weighted by atomic mass is 127. The number of fused-ring (bicyclic) bond motifs is 2. The van der Waals surface area contributed by atoms with Crippen LogP contribution in [0.1, 0.15) is 62.3 Å². The first-order chi connectivity index (χ1) is 19.3. The molecule has 0 bridgehead atoms. The Kier molecular flexibility index (Phi) is 12.2. The van der Waals surface area contributed by atoms with E-state index in [1.807, 2.05) is 63.2 Å². The third-order valence-corrected chi connectivity index (χ3v) is 6.09. The molecule has 228 valence electrons. The number of hydrogen-bond acceptors (Lipinski definition) is 9. The van der Waals surface area contributed by atoms with Crippen LogP contribution < -0.4 is 0 Å². The van der Waals surface area contributed by atoms with Gasteiger partial charge in [0.2, 0.25) is 0 Å². The van der Waals surface area contributed by atoms with Crippen LogP contribution >= 0.6 is 45.2 Å². The van der Waals surface area contributed by atoms with Crippen molar-refractivity contribution >= 4 is 85.4 Å². The summed E-state index contributed by atoms with van der Waals surface area (Å²) in [6, 6.07) is 15.6. The molecule has 4 rings (SSSR count). The number of aromatic nitrogens is 4. The molecule has 0 saturated heterocycles. The van der Waals surface area contributed by atoms with Crippen molar-refractivity contribution in [2.45, 2.75) is 79.1 Å². The van der Waals surface area contributed by atoms with Crippen LogP contribution in [0.3, 0.4) is 0 Å². The molecule has 13 heteroatoms. The number of H-pyrrole nitrogens is 1. The van der Waals surface area contributed by atoms with Gasteiger partial charge in [-0.2, -0.15) is 14.9 Å². The Balaban J connectivity index is 0.000000227. The molecule has 0 aliphatic heterocycles. The number of benzene rings is 2. The number of para-hydroxylation sites is 2. The Hall–Kier alpha value is -2.95. The van der Waals surface area contributed by atoms with Crippen molar-refractivity contribution in [1.82, 2.24) is 20.0 Å². The Labute approximate surface area is 272 Å². The fourth-order valence-electron chi connectivity index (χ4n) is 3.01. The van der Waals surface area contributed by atoms with Gasteiger partial charge in [-0.3, -0.25) is 5.10 Å². The fraction of sp³-hybridized carbons (Fsp3) is 0.414. The Morgan fingerprint density at radius 2 is 1.19 bits per heavy atom. The van der Waals surface area contributed by atoms with Gasteiger partial charge in [0.1, 0.15) is 24.2 Å². The lowest BCUT2D eigenvalue weighted by molar-refractivity contribution is -0.0294. The maximum atomic E-state index is 12.0. The predicted octanol–water partition coefficient (Wildman–Crippen LogP) is 8.46. The van der Waals surface area contributed by atoms with Crippen molar-refractivity contribution in [2.24, 2.45) is 0 Å². The Bertz CT molecular complexity index is 1500. The van der Waals surface area contributed by atoms with Crippen LogP contribution in [0.2, 0.25) is 0 Å². The molecule has 0 radical (unpaired) electrons. The summed E-state index contributed by atoms with van der Waals surface area (Å²) in [5, 5.41) is 13.4. The lowest BCUT2D eigenvalue weighted by atomic mass is 10.2. The smallest absolute Gasteiger partial charge is 0.442 e. The van der Waals surface area contributed by atoms with Crippen molar-refractivity contribution in [3.8, 4) is 0 Å². The van der Waals surface area contributed by atoms with Crippen LogP contribution in [0.4, 0.5) is 14.4 Å². The summed E-state index contributed by atoms with van der Waals surface area (Å²) >= 11 is 4.35. The number of ether oxygens (including phenoxy) is 4. The van der Waals surface area contributed by atoms with Gasteiger partial charge in [-0.1, -0.05) is 36.4 Å². The van der Waals surface area contributed by atoms with Gasteiger partial charge >= 0.3 is 18.4 Å². The summed E-state index contributed by atoms with van der Waals surface area (Å²) in [5.74, 6) is 0. The lowest BCUT2D eigenvalue weighted by Crippen LogP contribution is -2.29. The van der Waals surface area contributed by atoms with Crippen LogP contribution in [-0.4, -0.2) is 55.2 Å². The molecule has 0 fully saturated rings. The summed E-state index contributed by atoms with van der Waals surface area (Å²) in [5.41, 5.74) is -0.105. The van der Waals surface area contributed by atoms with Gasteiger partial charge < -0.3 is 18.9 Å². The minimum atomic E-state index is -1.06. The molecule has 2 aromatic carbocycles. The quantitative estimate of drug-likeness (QED) is 0.0804. The number of nitrogens with one attached hydrogen (secondary N) is 1. The molecule has 0 spiro atoms. The van der Waals surface area contributed by atoms with Crippen molar-refractivity contribution in [1.29, 1.82) is 0 Å². The summed E-state index contributed by atoms with van der Waals surface area (Å²) in [6.07, 6.45) is -2.56. The number of halogens is 2. The van der Waals surface area contributed by atoms with E-state index in [1.54, 1.807) is 41.5 Å². The average molecular weight is 806 g/mol. The van der Waals surface area contributed by atoms with E-state index < -0.39 is 35.2 Å². The zero-order valence-electron chi connectivity index (χ0n) is 25.1. The standard InChI is InChI=1S/C12H13IN2O2.C10H18O5.C7H5IN2/c1-12(2,3)17-11(16)15-9-7-5-4-6-8(9)10(13)14-15;1-9(2,3)14-7(11)13-8(12)15-10(4,5)6;8-7-5-3-1-2-4-6(5)9-10-7/h4-7H,1-3H3;1-6H3;1-4H,(H,9,10). The number of rotatable bonds is 0. The predicted molar refractivity (Wildman–Crippen MR) is 176 cm³/mol. The van der Waals surface area contributed by atoms with Crippen molar-refractivity contribution < 1.29 is 33.3 Å². The molecule has 1 N–H and O–H groups in total. The second-order valence-corrected chi connectivity index (χ2v) is 13.9. The molecular weight excluding hydrogens is 770 g/mol. The van der Waals surface area contributed by atoms with E-state index in [2.05, 4.69) is 71.3 Å². The van der Waals surface area contributed by atoms with Crippen molar-refractivity contribution in [3.63, 3.8) is 0 Å². The summed E-state index contributed by atoms with van der Waals surface area (Å²) in [7, 11) is 0. The minimum Gasteiger partial charge on any atom is -0.442 e. The Morgan fingerprint density at radius 3 is 1.69 bits per heavy atom. The number of carbonyl (C=O) groups is 3. The normalized spacial score (nSPS) is 11.5. The third-order valence-electron chi connectivity index (χ3n) is 4.47. The molecule has 2 heterocycles. The monoisotopic (exact) mass is 806 g/mol. The summed E-state index contributed by atoms with van der Waals surface area (Å²) in [4.78, 5) is 34.0. The van der Waals surface area contributed by atoms with Crippen molar-refractivity contribution in [2.75, 3.05) is 0 Å². The maximum absolute atomic E-state index is 12.0. The molecule has 4 aromatic rings. The molecule has 0 atom stereocenters. The zero-order chi connectivity index (χ0) is 31.9. The van der Waals surface area contributed by atoms with Crippen LogP contribution in [-0.2, 0) is 18.9 Å². The van der Waals surface area contributed by atoms with Gasteiger partial charge in [0.15, 0.2) is 0 Å². The molecule has 0 aliphatic rings. The largest absolute Gasteiger partial charge is 0.519 e. The van der Waals surface area contributed by atoms with Gasteiger partial charge in [0.25, 0.3) is 0 Å². The molecule has 0 amide bonds. The number of aromatic amines is 1. The van der Waals surface area contributed by atoms with E-state index in [0.29, 0.717) is 0 Å². The second-order valence-electron chi connectivity index (χ2n) is 11.8. The van der Waals surface area contributed by atoms with E-state index in [-0.39, 0.29) is 0 Å². The molecule has 11 nitrogen and oxygen atoms in total. The van der Waals surface area contributed by atoms with Gasteiger partial charge in [0, 0.05) is 10.8 Å². The first kappa shape index (κ1) is 35.2. The number of carbonyl (C=O) groups excluding carboxylic acids is 3. The van der Waals surface area contributed by atoms with E-state index in [1.165, 1.54) is 10.1 Å². The first-order valence-electron chi connectivity index (χ1n) is 12.8. The lowest BCUT2D eigenvalue weighted by Gasteiger charge is -2.20. The summed E-state index contributed by atoms with van der Waals surface area (Å²) < 4.78 is 22.3. The highest BCUT2D eigenvalue weighted by Crippen LogP contribution is 2.21. The molecule has 0 saturated carbocycles. The molecule has 42 heavy (non-hydrogen) atoms. The highest BCUT2D eigenvalue weighted by molar-refractivity contribution is 14.1. The van der Waals surface area contributed by atoms with Gasteiger partial charge in [0.05, 0.1) is 11.0 Å². The third kappa shape index (κ3) is 12.1. The highest BCUT2D eigenvalue weighted by Gasteiger charge is 2.24. The first-order valence-corrected chi connectivity index (χ1v) is 15.0. The van der Waals surface area contributed by atoms with E-state index in [9.17, 15) is 14.4 Å². The number of hydrogen-bond donors (Lipinski definition) is 1. The molecular formula is C29H36I2N4O7. The maximum Gasteiger partial charge on any atom is 0.519 e. The topological polar surface area (TPSA) is 135 Å². The van der Waals surface area contributed by atoms with E-state index >= 15 is 0 Å². The molecule has 2 aromatic heterocycles. The number of nitrogens with zero attached hydrogens (tertiary/aromatic N) is 3. The van der Waals surface area contributed by atoms with Crippen LogP contribution in [0.15, 0.2) is 48.5 Å². The minimum absolute atomic E-state index is 0.448.